The van der Waals surface area contributed by atoms with Gasteiger partial charge in [-0.25, -0.2) is 0 Å². The van der Waals surface area contributed by atoms with Gasteiger partial charge in [-0.2, -0.15) is 0 Å². The highest BCUT2D eigenvalue weighted by Gasteiger charge is 2.12. The van der Waals surface area contributed by atoms with Crippen molar-refractivity contribution in [2.24, 2.45) is 0 Å². The molecule has 1 heterocycles. The fourth-order valence-electron chi connectivity index (χ4n) is 2.59. The predicted molar refractivity (Wildman–Crippen MR) is 91.3 cm³/mol. The Hall–Kier alpha value is -3.61. The maximum absolute atomic E-state index is 11.5. The van der Waals surface area contributed by atoms with Crippen molar-refractivity contribution in [3.63, 3.8) is 0 Å². The Morgan fingerprint density at radius 2 is 1.92 bits per heavy atom. The van der Waals surface area contributed by atoms with Crippen molar-refractivity contribution in [3.8, 4) is 5.75 Å². The van der Waals surface area contributed by atoms with Crippen LogP contribution in [0.4, 0.5) is 11.4 Å². The predicted octanol–water partition coefficient (Wildman–Crippen LogP) is 1.10. The molecule has 2 aromatic carbocycles. The molecule has 0 aliphatic carbocycles. The average molecular weight is 350 g/mol. The lowest BCUT2D eigenvalue weighted by Crippen LogP contribution is -2.24. The lowest BCUT2D eigenvalue weighted by atomic mass is 10.1. The highest BCUT2D eigenvalue weighted by Crippen LogP contribution is 2.31. The summed E-state index contributed by atoms with van der Waals surface area (Å²) in [5.41, 5.74) is 1.01. The Morgan fingerprint density at radius 1 is 1.12 bits per heavy atom. The minimum absolute atomic E-state index is 0.0293. The van der Waals surface area contributed by atoms with Gasteiger partial charge in [0.25, 0.3) is 0 Å². The summed E-state index contributed by atoms with van der Waals surface area (Å²) in [6.07, 6.45) is 1.20. The van der Waals surface area contributed by atoms with Crippen LogP contribution in [0.2, 0.25) is 0 Å². The van der Waals surface area contributed by atoms with E-state index >= 15 is 0 Å². The van der Waals surface area contributed by atoms with Gasteiger partial charge in [0.15, 0.2) is 0 Å². The van der Waals surface area contributed by atoms with E-state index in [9.17, 15) is 19.8 Å². The number of ether oxygens (including phenoxy) is 1. The standard InChI is InChI=1S/C19H16N2O5/c1-2-26-13-6-7-16-14(9-13)17(15(10-20-16)19(24)25)21-12-5-3-4-11(8-12)18(22)23/h3-10H,2H2,1H3,(H,20,21)(H,22,23)(H,24,25)/p-2. The molecule has 0 amide bonds. The van der Waals surface area contributed by atoms with Crippen molar-refractivity contribution in [2.75, 3.05) is 11.9 Å². The lowest BCUT2D eigenvalue weighted by Gasteiger charge is -2.17. The molecule has 0 radical (unpaired) electrons. The Morgan fingerprint density at radius 3 is 2.62 bits per heavy atom. The number of nitrogens with one attached hydrogen (secondary N) is 1. The summed E-state index contributed by atoms with van der Waals surface area (Å²) in [5, 5.41) is 26.0. The summed E-state index contributed by atoms with van der Waals surface area (Å²) in [5.74, 6) is -2.17. The third-order valence-corrected chi connectivity index (χ3v) is 3.74. The van der Waals surface area contributed by atoms with Gasteiger partial charge in [-0.05, 0) is 42.8 Å². The van der Waals surface area contributed by atoms with E-state index in [1.165, 1.54) is 24.4 Å². The molecular weight excluding hydrogens is 336 g/mol. The first kappa shape index (κ1) is 17.2. The zero-order valence-corrected chi connectivity index (χ0v) is 13.8. The first-order valence-electron chi connectivity index (χ1n) is 7.85. The van der Waals surface area contributed by atoms with Gasteiger partial charge in [0.05, 0.1) is 29.7 Å². The zero-order chi connectivity index (χ0) is 18.7. The summed E-state index contributed by atoms with van der Waals surface area (Å²) in [7, 11) is 0. The summed E-state index contributed by atoms with van der Waals surface area (Å²) in [4.78, 5) is 26.7. The number of aromatic carboxylic acids is 2. The molecule has 0 aliphatic heterocycles. The first-order chi connectivity index (χ1) is 12.5. The molecule has 1 aromatic heterocycles. The SMILES string of the molecule is CCOc1ccc2ncc(C(=O)[O-])c(Nc3cccc(C(=O)[O-])c3)c2c1. The van der Waals surface area contributed by atoms with Crippen LogP contribution in [-0.4, -0.2) is 23.5 Å². The number of carbonyl (C=O) groups excluding carboxylic acids is 2. The van der Waals surface area contributed by atoms with Crippen LogP contribution in [0.25, 0.3) is 10.9 Å². The highest BCUT2D eigenvalue weighted by atomic mass is 16.5. The number of pyridine rings is 1. The molecule has 0 atom stereocenters. The molecule has 1 N–H and O–H groups in total. The van der Waals surface area contributed by atoms with Gasteiger partial charge in [-0.1, -0.05) is 12.1 Å². The van der Waals surface area contributed by atoms with E-state index in [0.29, 0.717) is 28.9 Å². The average Bonchev–Trinajstić information content (AvgIpc) is 2.62. The molecule has 0 unspecified atom stereocenters. The van der Waals surface area contributed by atoms with E-state index in [0.717, 1.165) is 0 Å². The smallest absolute Gasteiger partial charge is 0.120 e. The maximum atomic E-state index is 11.5. The fourth-order valence-corrected chi connectivity index (χ4v) is 2.59. The number of benzene rings is 2. The van der Waals surface area contributed by atoms with Crippen LogP contribution < -0.4 is 20.3 Å². The van der Waals surface area contributed by atoms with Crippen LogP contribution in [0.3, 0.4) is 0 Å². The molecule has 0 fully saturated rings. The van der Waals surface area contributed by atoms with Crippen molar-refractivity contribution in [3.05, 3.63) is 59.8 Å². The zero-order valence-electron chi connectivity index (χ0n) is 13.8. The van der Waals surface area contributed by atoms with Crippen molar-refractivity contribution >= 4 is 34.2 Å². The van der Waals surface area contributed by atoms with E-state index in [4.69, 9.17) is 4.74 Å². The van der Waals surface area contributed by atoms with Crippen molar-refractivity contribution in [1.29, 1.82) is 0 Å². The number of hydrogen-bond donors (Lipinski definition) is 1. The molecule has 26 heavy (non-hydrogen) atoms. The van der Waals surface area contributed by atoms with Crippen LogP contribution in [0.5, 0.6) is 5.75 Å². The molecule has 0 saturated heterocycles. The quantitative estimate of drug-likeness (QED) is 0.708. The number of rotatable bonds is 6. The lowest BCUT2D eigenvalue weighted by molar-refractivity contribution is -0.256. The monoisotopic (exact) mass is 350 g/mol. The largest absolute Gasteiger partial charge is 0.545 e. The molecule has 3 aromatic rings. The number of anilines is 2. The second kappa shape index (κ2) is 7.10. The third-order valence-electron chi connectivity index (χ3n) is 3.74. The molecule has 7 heteroatoms. The number of carbonyl (C=O) groups is 2. The number of carboxylic acids is 2. The Bertz CT molecular complexity index is 1000. The number of fused-ring (bicyclic) bond motifs is 1. The number of hydrogen-bond acceptors (Lipinski definition) is 7. The van der Waals surface area contributed by atoms with Crippen molar-refractivity contribution < 1.29 is 24.5 Å². The molecule has 0 aliphatic rings. The summed E-state index contributed by atoms with van der Waals surface area (Å²) in [6.45, 7) is 2.29. The summed E-state index contributed by atoms with van der Waals surface area (Å²) in [6, 6.07) is 11.0. The van der Waals surface area contributed by atoms with E-state index in [1.54, 1.807) is 24.3 Å². The van der Waals surface area contributed by atoms with Gasteiger partial charge in [-0.3, -0.25) is 4.98 Å². The molecule has 3 rings (SSSR count). The first-order valence-corrected chi connectivity index (χ1v) is 7.85. The fraction of sp³-hybridized carbons (Fsp3) is 0.105. The Labute approximate surface area is 148 Å². The van der Waals surface area contributed by atoms with E-state index in [1.807, 2.05) is 6.92 Å². The number of nitrogens with zero attached hydrogens (tertiary/aromatic N) is 1. The molecule has 0 spiro atoms. The number of carboxylic acid groups (broad SMARTS) is 2. The van der Waals surface area contributed by atoms with Crippen molar-refractivity contribution in [1.82, 2.24) is 4.98 Å². The van der Waals surface area contributed by atoms with Crippen LogP contribution >= 0.6 is 0 Å². The van der Waals surface area contributed by atoms with Crippen molar-refractivity contribution in [2.45, 2.75) is 6.92 Å². The minimum Gasteiger partial charge on any atom is -0.545 e. The second-order valence-electron chi connectivity index (χ2n) is 5.44. The summed E-state index contributed by atoms with van der Waals surface area (Å²) >= 11 is 0. The van der Waals surface area contributed by atoms with Gasteiger partial charge in [-0.15, -0.1) is 0 Å². The van der Waals surface area contributed by atoms with Crippen LogP contribution in [0.1, 0.15) is 27.6 Å². The topological polar surface area (TPSA) is 114 Å². The van der Waals surface area contributed by atoms with Gasteiger partial charge in [0, 0.05) is 22.8 Å². The van der Waals surface area contributed by atoms with Gasteiger partial charge in [0.1, 0.15) is 5.75 Å². The van der Waals surface area contributed by atoms with Gasteiger partial charge < -0.3 is 29.9 Å². The van der Waals surface area contributed by atoms with Crippen LogP contribution in [0, 0.1) is 0 Å². The highest BCUT2D eigenvalue weighted by molar-refractivity contribution is 6.05. The molecule has 132 valence electrons. The number of aromatic nitrogens is 1. The molecule has 0 saturated carbocycles. The normalized spacial score (nSPS) is 10.5. The van der Waals surface area contributed by atoms with E-state index in [-0.39, 0.29) is 16.8 Å². The molecular formula is C19H14N2O5-2. The van der Waals surface area contributed by atoms with Gasteiger partial charge in [0.2, 0.25) is 0 Å². The molecule has 7 nitrogen and oxygen atoms in total. The van der Waals surface area contributed by atoms with Gasteiger partial charge >= 0.3 is 0 Å². The van der Waals surface area contributed by atoms with E-state index < -0.39 is 11.9 Å². The second-order valence-corrected chi connectivity index (χ2v) is 5.44. The third kappa shape index (κ3) is 3.41. The minimum atomic E-state index is -1.40. The molecule has 0 bridgehead atoms. The summed E-state index contributed by atoms with van der Waals surface area (Å²) < 4.78 is 5.47. The van der Waals surface area contributed by atoms with E-state index in [2.05, 4.69) is 10.3 Å². The van der Waals surface area contributed by atoms with Crippen LogP contribution in [0.15, 0.2) is 48.7 Å². The maximum Gasteiger partial charge on any atom is 0.120 e. The Balaban J connectivity index is 2.16. The Kier molecular flexibility index (Phi) is 4.70. The van der Waals surface area contributed by atoms with Crippen LogP contribution in [-0.2, 0) is 0 Å².